The number of fused-ring (bicyclic) bond motifs is 1. The molecule has 192 valence electrons. The van der Waals surface area contributed by atoms with Crippen molar-refractivity contribution < 1.29 is 40.6 Å². The highest BCUT2D eigenvalue weighted by Gasteiger charge is 2.44. The number of ether oxygens (including phenoxy) is 3. The molecule has 0 spiro atoms. The van der Waals surface area contributed by atoms with Gasteiger partial charge in [0.25, 0.3) is 10.0 Å². The van der Waals surface area contributed by atoms with Gasteiger partial charge in [-0.15, -0.1) is 8.78 Å². The van der Waals surface area contributed by atoms with Gasteiger partial charge in [-0.2, -0.15) is 4.39 Å². The molecule has 13 heteroatoms. The summed E-state index contributed by atoms with van der Waals surface area (Å²) in [5.74, 6) is -1.72. The monoisotopic (exact) mass is 525 g/mol. The average Bonchev–Trinajstić information content (AvgIpc) is 3.31. The number of nitrogens with zero attached hydrogens (tertiary/aromatic N) is 3. The molecule has 0 atom stereocenters. The Bertz CT molecular complexity index is 1430. The Labute approximate surface area is 205 Å². The number of hydrogen-bond acceptors (Lipinski definition) is 7. The van der Waals surface area contributed by atoms with Gasteiger partial charge in [0.2, 0.25) is 5.95 Å². The van der Waals surface area contributed by atoms with E-state index in [9.17, 15) is 26.4 Å². The Kier molecular flexibility index (Phi) is 6.15. The van der Waals surface area contributed by atoms with Crippen LogP contribution in [0.15, 0.2) is 53.7 Å². The first kappa shape index (κ1) is 25.4. The second-order valence-electron chi connectivity index (χ2n) is 8.99. The Morgan fingerprint density at radius 1 is 1.17 bits per heavy atom. The van der Waals surface area contributed by atoms with Crippen LogP contribution >= 0.6 is 0 Å². The van der Waals surface area contributed by atoms with Crippen molar-refractivity contribution >= 4 is 16.1 Å². The van der Waals surface area contributed by atoms with Crippen molar-refractivity contribution in [1.29, 1.82) is 0 Å². The number of pyridine rings is 1. The fourth-order valence-corrected chi connectivity index (χ4v) is 4.84. The lowest BCUT2D eigenvalue weighted by atomic mass is 10.2. The maximum atomic E-state index is 14.6. The van der Waals surface area contributed by atoms with Crippen LogP contribution in [-0.2, 0) is 21.3 Å². The first-order valence-electron chi connectivity index (χ1n) is 10.6. The second-order valence-corrected chi connectivity index (χ2v) is 10.8. The van der Waals surface area contributed by atoms with E-state index in [1.807, 2.05) is 0 Å². The summed E-state index contributed by atoms with van der Waals surface area (Å²) in [7, 11) is -2.99. The third-order valence-corrected chi connectivity index (χ3v) is 6.60. The van der Waals surface area contributed by atoms with E-state index in [0.29, 0.717) is 5.56 Å². The largest absolute Gasteiger partial charge is 0.586 e. The van der Waals surface area contributed by atoms with Gasteiger partial charge in [0.15, 0.2) is 11.5 Å². The molecular weight excluding hydrogens is 503 g/mol. The lowest BCUT2D eigenvalue weighted by molar-refractivity contribution is -0.286. The van der Waals surface area contributed by atoms with Crippen molar-refractivity contribution in [3.63, 3.8) is 0 Å². The maximum absolute atomic E-state index is 14.6. The van der Waals surface area contributed by atoms with Crippen molar-refractivity contribution in [2.24, 2.45) is 0 Å². The van der Waals surface area contributed by atoms with E-state index in [0.717, 1.165) is 22.2 Å². The number of alkyl halides is 2. The number of rotatable bonds is 5. The average molecular weight is 526 g/mol. The predicted molar refractivity (Wildman–Crippen MR) is 121 cm³/mol. The molecule has 1 aliphatic rings. The van der Waals surface area contributed by atoms with Crippen molar-refractivity contribution in [1.82, 2.24) is 13.9 Å². The minimum absolute atomic E-state index is 0.0698. The molecule has 9 nitrogen and oxygen atoms in total. The zero-order chi connectivity index (χ0) is 26.5. The number of aromatic nitrogens is 2. The number of amides is 1. The molecule has 0 saturated carbocycles. The van der Waals surface area contributed by atoms with Crippen LogP contribution in [0.25, 0.3) is 11.3 Å². The highest BCUT2D eigenvalue weighted by atomic mass is 32.2. The van der Waals surface area contributed by atoms with Crippen LogP contribution in [0.4, 0.5) is 18.0 Å². The van der Waals surface area contributed by atoms with E-state index in [2.05, 4.69) is 14.5 Å². The summed E-state index contributed by atoms with van der Waals surface area (Å²) in [6.07, 6.45) is -2.17. The van der Waals surface area contributed by atoms with E-state index in [1.54, 1.807) is 20.8 Å². The summed E-state index contributed by atoms with van der Waals surface area (Å²) in [6.45, 7) is 5.03. The van der Waals surface area contributed by atoms with Gasteiger partial charge in [0.1, 0.15) is 5.60 Å². The molecule has 2 aromatic heterocycles. The lowest BCUT2D eigenvalue weighted by Gasteiger charge is -2.24. The third kappa shape index (κ3) is 5.10. The number of hydrogen-bond donors (Lipinski definition) is 0. The lowest BCUT2D eigenvalue weighted by Crippen LogP contribution is -2.33. The number of halogens is 3. The summed E-state index contributed by atoms with van der Waals surface area (Å²) in [5, 5.41) is 0. The van der Waals surface area contributed by atoms with Crippen LogP contribution in [-0.4, -0.2) is 47.3 Å². The van der Waals surface area contributed by atoms with Gasteiger partial charge in [-0.05, 0) is 56.7 Å². The van der Waals surface area contributed by atoms with Gasteiger partial charge in [-0.3, -0.25) is 0 Å². The molecule has 3 aromatic rings. The SMILES string of the molecule is CN(Cc1cc(-c2cccnc2F)n(S(=O)(=O)c2ccc3c(c2)OC(F)(F)O3)c1)C(=O)OC(C)(C)C. The molecule has 36 heavy (non-hydrogen) atoms. The molecule has 0 fully saturated rings. The van der Waals surface area contributed by atoms with E-state index >= 15 is 0 Å². The van der Waals surface area contributed by atoms with E-state index in [1.165, 1.54) is 42.5 Å². The first-order valence-corrected chi connectivity index (χ1v) is 12.0. The molecule has 1 amide bonds. The van der Waals surface area contributed by atoms with Gasteiger partial charge in [0.05, 0.1) is 22.7 Å². The van der Waals surface area contributed by atoms with Gasteiger partial charge in [0, 0.05) is 25.5 Å². The maximum Gasteiger partial charge on any atom is 0.586 e. The molecule has 4 rings (SSSR count). The highest BCUT2D eigenvalue weighted by Crippen LogP contribution is 2.42. The Morgan fingerprint density at radius 2 is 1.86 bits per heavy atom. The molecule has 3 heterocycles. The fraction of sp³-hybridized carbons (Fsp3) is 0.304. The van der Waals surface area contributed by atoms with Crippen LogP contribution in [0, 0.1) is 5.95 Å². The Balaban J connectivity index is 1.76. The van der Waals surface area contributed by atoms with Gasteiger partial charge in [-0.1, -0.05) is 0 Å². The molecule has 0 radical (unpaired) electrons. The fourth-order valence-electron chi connectivity index (χ4n) is 3.44. The molecular formula is C23H22F3N3O6S. The second kappa shape index (κ2) is 8.73. The zero-order valence-electron chi connectivity index (χ0n) is 19.7. The topological polar surface area (TPSA) is 100.0 Å². The van der Waals surface area contributed by atoms with E-state index in [-0.39, 0.29) is 23.6 Å². The number of benzene rings is 1. The Morgan fingerprint density at radius 3 is 2.53 bits per heavy atom. The summed E-state index contributed by atoms with van der Waals surface area (Å²) >= 11 is 0. The predicted octanol–water partition coefficient (Wildman–Crippen LogP) is 4.61. The van der Waals surface area contributed by atoms with Crippen LogP contribution in [0.5, 0.6) is 11.5 Å². The molecule has 1 aromatic carbocycles. The summed E-state index contributed by atoms with van der Waals surface area (Å²) in [6, 6.07) is 7.15. The molecule has 0 unspecified atom stereocenters. The van der Waals surface area contributed by atoms with Crippen molar-refractivity contribution in [3.8, 4) is 22.8 Å². The molecule has 0 N–H and O–H groups in total. The highest BCUT2D eigenvalue weighted by molar-refractivity contribution is 7.90. The Hall–Kier alpha value is -3.74. The molecule has 0 saturated heterocycles. The number of carbonyl (C=O) groups is 1. The van der Waals surface area contributed by atoms with E-state index in [4.69, 9.17) is 4.74 Å². The summed E-state index contributed by atoms with van der Waals surface area (Å²) in [5.41, 5.74) is -0.631. The molecule has 1 aliphatic heterocycles. The van der Waals surface area contributed by atoms with Gasteiger partial charge < -0.3 is 19.1 Å². The van der Waals surface area contributed by atoms with Gasteiger partial charge >= 0.3 is 12.4 Å². The van der Waals surface area contributed by atoms with Crippen molar-refractivity contribution in [3.05, 3.63) is 60.3 Å². The summed E-state index contributed by atoms with van der Waals surface area (Å²) in [4.78, 5) is 16.8. The minimum atomic E-state index is -4.45. The number of carbonyl (C=O) groups excluding carboxylic acids is 1. The van der Waals surface area contributed by atoms with Crippen molar-refractivity contribution in [2.45, 2.75) is 44.1 Å². The molecule has 0 aliphatic carbocycles. The van der Waals surface area contributed by atoms with Crippen LogP contribution in [0.2, 0.25) is 0 Å². The summed E-state index contributed by atoms with van der Waals surface area (Å²) < 4.78 is 83.3. The van der Waals surface area contributed by atoms with E-state index < -0.39 is 44.6 Å². The van der Waals surface area contributed by atoms with Crippen LogP contribution in [0.3, 0.4) is 0 Å². The van der Waals surface area contributed by atoms with Crippen molar-refractivity contribution in [2.75, 3.05) is 7.05 Å². The standard InChI is InChI=1S/C23H22F3N3O6S/c1-22(2,3)35-21(30)28(4)12-14-10-17(16-6-5-9-27-20(16)24)29(13-14)36(31,32)15-7-8-18-19(11-15)34-23(25,26)33-18/h5-11,13H,12H2,1-4H3. The minimum Gasteiger partial charge on any atom is -0.444 e. The normalized spacial score (nSPS) is 14.5. The quantitative estimate of drug-likeness (QED) is 0.449. The molecule has 0 bridgehead atoms. The van der Waals surface area contributed by atoms with Crippen LogP contribution in [0.1, 0.15) is 26.3 Å². The van der Waals surface area contributed by atoms with Gasteiger partial charge in [-0.25, -0.2) is 22.2 Å². The third-order valence-electron chi connectivity index (χ3n) is 4.93. The smallest absolute Gasteiger partial charge is 0.444 e. The first-order chi connectivity index (χ1) is 16.7. The van der Waals surface area contributed by atoms with Crippen LogP contribution < -0.4 is 9.47 Å². The zero-order valence-corrected chi connectivity index (χ0v) is 20.5.